The Hall–Kier alpha value is -5.42. The first kappa shape index (κ1) is 39.8. The lowest BCUT2D eigenvalue weighted by molar-refractivity contribution is -0.389. The fraction of sp³-hybridized carbons (Fsp3) is 0.611. The van der Waals surface area contributed by atoms with Gasteiger partial charge in [-0.3, -0.25) is 9.80 Å². The van der Waals surface area contributed by atoms with E-state index < -0.39 is 33.4 Å². The largest absolute Gasteiger partial charge is 0.444 e. The summed E-state index contributed by atoms with van der Waals surface area (Å²) < 4.78 is 22.3. The third-order valence-corrected chi connectivity index (χ3v) is 9.35. The fourth-order valence-corrected chi connectivity index (χ4v) is 6.72. The van der Waals surface area contributed by atoms with Crippen LogP contribution in [0.15, 0.2) is 36.7 Å². The molecule has 4 aliphatic rings. The summed E-state index contributed by atoms with van der Waals surface area (Å²) in [5.41, 5.74) is 4.33. The minimum atomic E-state index is -0.699. The lowest BCUT2D eigenvalue weighted by Gasteiger charge is -2.27. The van der Waals surface area contributed by atoms with Gasteiger partial charge < -0.3 is 44.6 Å². The Morgan fingerprint density at radius 1 is 0.741 bits per heavy atom. The quantitative estimate of drug-likeness (QED) is 0.220. The Morgan fingerprint density at radius 3 is 1.56 bits per heavy atom. The molecule has 0 radical (unpaired) electrons. The summed E-state index contributed by atoms with van der Waals surface area (Å²) in [4.78, 5) is 73.8. The number of amides is 4. The molecule has 0 aromatic carbocycles. The van der Waals surface area contributed by atoms with Crippen LogP contribution in [0, 0.1) is 10.1 Å². The van der Waals surface area contributed by atoms with Crippen LogP contribution in [0.2, 0.25) is 0 Å². The molecule has 294 valence electrons. The fourth-order valence-electron chi connectivity index (χ4n) is 6.72. The molecule has 2 aromatic heterocycles. The van der Waals surface area contributed by atoms with Gasteiger partial charge in [0.05, 0.1) is 30.7 Å². The second-order valence-corrected chi connectivity index (χ2v) is 16.0. The lowest BCUT2D eigenvalue weighted by Crippen LogP contribution is -2.39. The second-order valence-electron chi connectivity index (χ2n) is 16.0. The van der Waals surface area contributed by atoms with Gasteiger partial charge in [0.1, 0.15) is 28.2 Å². The predicted octanol–water partition coefficient (Wildman–Crippen LogP) is 5.89. The zero-order valence-electron chi connectivity index (χ0n) is 31.7. The number of nitrogens with two attached hydrogens (primary N) is 1. The lowest BCUT2D eigenvalue weighted by atomic mass is 9.95. The first-order chi connectivity index (χ1) is 25.3. The smallest absolute Gasteiger partial charge is 0.415 e. The molecule has 54 heavy (non-hydrogen) atoms. The Labute approximate surface area is 314 Å². The van der Waals surface area contributed by atoms with Gasteiger partial charge >= 0.3 is 30.2 Å². The molecule has 4 fully saturated rings. The van der Waals surface area contributed by atoms with Crippen LogP contribution >= 0.6 is 0 Å². The standard InChI is InChI=1S/C18H24N4O6.C18H26N4O4/c1-17(2,3)27-15(23)20-9-4-7-18(8-10-20)12-21(16(24)28-18)13-5-6-14(19-11-13)22(25)26;1-17(2,3)25-15(23)21-9-4-7-18(8-10-21)12-22(16(24)26-18)13-5-6-14(19)20-11-13/h5-6,11H,4,7-10,12H2,1-3H3;5-6,11H,4,7-10,12H2,1-3H3,(H2,19,20). The normalized spacial score (nSPS) is 23.2. The number of hydrogen-bond acceptors (Lipinski definition) is 13. The van der Waals surface area contributed by atoms with Crippen molar-refractivity contribution in [3.63, 3.8) is 0 Å². The topological polar surface area (TPSA) is 213 Å². The molecule has 2 spiro atoms. The molecule has 4 amide bonds. The highest BCUT2D eigenvalue weighted by Gasteiger charge is 2.48. The molecule has 2 unspecified atom stereocenters. The average molecular weight is 755 g/mol. The summed E-state index contributed by atoms with van der Waals surface area (Å²) in [6, 6.07) is 6.15. The molecule has 6 heterocycles. The van der Waals surface area contributed by atoms with Gasteiger partial charge in [-0.05, 0) is 95.3 Å². The Kier molecular flexibility index (Phi) is 11.4. The number of likely N-dealkylation sites (tertiary alicyclic amines) is 2. The molecule has 0 aliphatic carbocycles. The molecular weight excluding hydrogens is 704 g/mol. The number of carbonyl (C=O) groups excluding carboxylic acids is 4. The number of nitro groups is 1. The van der Waals surface area contributed by atoms with E-state index >= 15 is 0 Å². The molecule has 4 saturated heterocycles. The van der Waals surface area contributed by atoms with E-state index in [0.29, 0.717) is 88.6 Å². The molecular formula is C36H50N8O10. The summed E-state index contributed by atoms with van der Waals surface area (Å²) in [6.07, 6.45) is 5.10. The van der Waals surface area contributed by atoms with Crippen molar-refractivity contribution < 1.29 is 43.0 Å². The number of nitrogen functional groups attached to an aromatic ring is 1. The van der Waals surface area contributed by atoms with E-state index in [2.05, 4.69) is 9.97 Å². The third-order valence-electron chi connectivity index (χ3n) is 9.35. The van der Waals surface area contributed by atoms with E-state index in [1.165, 1.54) is 23.2 Å². The summed E-state index contributed by atoms with van der Waals surface area (Å²) >= 11 is 0. The monoisotopic (exact) mass is 754 g/mol. The highest BCUT2D eigenvalue weighted by molar-refractivity contribution is 5.91. The van der Waals surface area contributed by atoms with Crippen molar-refractivity contribution in [1.82, 2.24) is 19.8 Å². The maximum atomic E-state index is 12.4. The maximum Gasteiger partial charge on any atom is 0.415 e. The van der Waals surface area contributed by atoms with Crippen molar-refractivity contribution in [3.8, 4) is 0 Å². The third kappa shape index (κ3) is 9.96. The zero-order chi connectivity index (χ0) is 39.5. The first-order valence-electron chi connectivity index (χ1n) is 18.0. The summed E-state index contributed by atoms with van der Waals surface area (Å²) in [5.74, 6) is 0.118. The van der Waals surface area contributed by atoms with Gasteiger partial charge in [0.25, 0.3) is 0 Å². The maximum absolute atomic E-state index is 12.4. The van der Waals surface area contributed by atoms with Gasteiger partial charge in [0.2, 0.25) is 0 Å². The number of pyridine rings is 2. The predicted molar refractivity (Wildman–Crippen MR) is 196 cm³/mol. The number of anilines is 3. The molecule has 0 bridgehead atoms. The van der Waals surface area contributed by atoms with Crippen molar-refractivity contribution in [2.75, 3.05) is 54.8 Å². The first-order valence-corrected chi connectivity index (χ1v) is 18.0. The second kappa shape index (κ2) is 15.5. The van der Waals surface area contributed by atoms with Crippen LogP contribution in [0.4, 0.5) is 42.2 Å². The van der Waals surface area contributed by atoms with Gasteiger partial charge in [-0.15, -0.1) is 0 Å². The van der Waals surface area contributed by atoms with Gasteiger partial charge in [-0.1, -0.05) is 0 Å². The van der Waals surface area contributed by atoms with Gasteiger partial charge in [0, 0.05) is 45.1 Å². The molecule has 18 nitrogen and oxygen atoms in total. The Morgan fingerprint density at radius 2 is 1.19 bits per heavy atom. The van der Waals surface area contributed by atoms with Gasteiger partial charge in [0.15, 0.2) is 6.20 Å². The number of ether oxygens (including phenoxy) is 4. The highest BCUT2D eigenvalue weighted by atomic mass is 16.6. The molecule has 6 rings (SSSR count). The number of hydrogen-bond donors (Lipinski definition) is 1. The molecule has 2 atom stereocenters. The number of rotatable bonds is 3. The van der Waals surface area contributed by atoms with E-state index in [-0.39, 0.29) is 24.1 Å². The molecule has 2 aromatic rings. The average Bonchev–Trinajstić information content (AvgIpc) is 3.37. The minimum absolute atomic E-state index is 0.284. The van der Waals surface area contributed by atoms with Crippen LogP contribution in [0.3, 0.4) is 0 Å². The van der Waals surface area contributed by atoms with Crippen molar-refractivity contribution in [2.24, 2.45) is 0 Å². The van der Waals surface area contributed by atoms with Crippen LogP contribution < -0.4 is 15.5 Å². The van der Waals surface area contributed by atoms with Crippen molar-refractivity contribution in [3.05, 3.63) is 46.8 Å². The van der Waals surface area contributed by atoms with Crippen molar-refractivity contribution in [2.45, 2.75) is 102 Å². The van der Waals surface area contributed by atoms with Crippen LogP contribution in [0.5, 0.6) is 0 Å². The van der Waals surface area contributed by atoms with Crippen LogP contribution in [0.25, 0.3) is 0 Å². The summed E-state index contributed by atoms with van der Waals surface area (Å²) in [7, 11) is 0. The number of carbonyl (C=O) groups is 4. The molecule has 2 N–H and O–H groups in total. The molecule has 18 heteroatoms. The summed E-state index contributed by atoms with van der Waals surface area (Å²) in [6.45, 7) is 13.8. The van der Waals surface area contributed by atoms with Gasteiger partial charge in [-0.2, -0.15) is 0 Å². The van der Waals surface area contributed by atoms with E-state index in [1.807, 2.05) is 41.5 Å². The summed E-state index contributed by atoms with van der Waals surface area (Å²) in [5, 5.41) is 10.7. The van der Waals surface area contributed by atoms with Crippen LogP contribution in [-0.2, 0) is 18.9 Å². The van der Waals surface area contributed by atoms with Crippen molar-refractivity contribution in [1.29, 1.82) is 0 Å². The zero-order valence-corrected chi connectivity index (χ0v) is 31.7. The van der Waals surface area contributed by atoms with E-state index in [0.717, 1.165) is 6.42 Å². The number of aromatic nitrogens is 2. The SMILES string of the molecule is CC(C)(C)OC(=O)N1CCCC2(CC1)CN(c1ccc(N)nc1)C(=O)O2.CC(C)(C)OC(=O)N1CCCC2(CC1)CN(c1ccc([N+](=O)[O-])nc1)C(=O)O2. The van der Waals surface area contributed by atoms with E-state index in [1.54, 1.807) is 33.0 Å². The van der Waals surface area contributed by atoms with E-state index in [4.69, 9.17) is 24.7 Å². The molecule has 0 saturated carbocycles. The van der Waals surface area contributed by atoms with Crippen LogP contribution in [0.1, 0.15) is 80.1 Å². The van der Waals surface area contributed by atoms with Gasteiger partial charge in [-0.25, -0.2) is 24.2 Å². The Bertz CT molecular complexity index is 1710. The highest BCUT2D eigenvalue weighted by Crippen LogP contribution is 2.37. The Balaban J connectivity index is 0.000000208. The minimum Gasteiger partial charge on any atom is -0.444 e. The molecule has 4 aliphatic heterocycles. The van der Waals surface area contributed by atoms with E-state index in [9.17, 15) is 29.3 Å². The van der Waals surface area contributed by atoms with Crippen molar-refractivity contribution >= 4 is 47.4 Å². The van der Waals surface area contributed by atoms with Crippen LogP contribution in [-0.4, -0.2) is 111 Å². The number of nitrogens with zero attached hydrogens (tertiary/aromatic N) is 7.